The van der Waals surface area contributed by atoms with Crippen LogP contribution < -0.4 is 10.1 Å². The molecule has 0 saturated carbocycles. The van der Waals surface area contributed by atoms with Crippen LogP contribution in [0.5, 0.6) is 5.75 Å². The average Bonchev–Trinajstić information content (AvgIpc) is 2.52. The maximum Gasteiger partial charge on any atom is 0.118 e. The van der Waals surface area contributed by atoms with Crippen molar-refractivity contribution in [2.75, 3.05) is 20.3 Å². The second kappa shape index (κ2) is 7.44. The van der Waals surface area contributed by atoms with Gasteiger partial charge in [-0.2, -0.15) is 0 Å². The van der Waals surface area contributed by atoms with E-state index < -0.39 is 5.60 Å². The molecule has 0 radical (unpaired) electrons. The molecule has 22 heavy (non-hydrogen) atoms. The van der Waals surface area contributed by atoms with Crippen LogP contribution in [-0.4, -0.2) is 36.6 Å². The maximum absolute atomic E-state index is 10.8. The Morgan fingerprint density at radius 3 is 2.68 bits per heavy atom. The fourth-order valence-corrected chi connectivity index (χ4v) is 3.06. The highest BCUT2D eigenvalue weighted by molar-refractivity contribution is 5.26. The normalized spacial score (nSPS) is 28.5. The van der Waals surface area contributed by atoms with E-state index in [1.54, 1.807) is 7.11 Å². The second-order valence-corrected chi connectivity index (χ2v) is 6.58. The smallest absolute Gasteiger partial charge is 0.118 e. The van der Waals surface area contributed by atoms with Gasteiger partial charge in [-0.15, -0.1) is 0 Å². The Morgan fingerprint density at radius 1 is 1.32 bits per heavy atom. The predicted octanol–water partition coefficient (Wildman–Crippen LogP) is 2.89. The SMILES string of the molecule is CC[C@@]1(C)C[C@](O)(CCNCc2ccc(OC)cc2)CCO1. The Bertz CT molecular complexity index is 462. The lowest BCUT2D eigenvalue weighted by Gasteiger charge is -2.43. The zero-order valence-electron chi connectivity index (χ0n) is 14.0. The highest BCUT2D eigenvalue weighted by Crippen LogP contribution is 2.36. The molecule has 0 spiro atoms. The van der Waals surface area contributed by atoms with E-state index in [4.69, 9.17) is 9.47 Å². The highest BCUT2D eigenvalue weighted by atomic mass is 16.5. The van der Waals surface area contributed by atoms with E-state index in [9.17, 15) is 5.11 Å². The molecule has 0 amide bonds. The second-order valence-electron chi connectivity index (χ2n) is 6.58. The average molecular weight is 307 g/mol. The van der Waals surface area contributed by atoms with Crippen molar-refractivity contribution in [3.05, 3.63) is 29.8 Å². The third-order valence-electron chi connectivity index (χ3n) is 4.72. The van der Waals surface area contributed by atoms with Crippen molar-refractivity contribution >= 4 is 0 Å². The first-order chi connectivity index (χ1) is 10.5. The topological polar surface area (TPSA) is 50.7 Å². The number of hydrogen-bond donors (Lipinski definition) is 2. The van der Waals surface area contributed by atoms with Gasteiger partial charge in [0.05, 0.1) is 24.9 Å². The number of benzene rings is 1. The molecule has 1 aromatic carbocycles. The van der Waals surface area contributed by atoms with E-state index in [-0.39, 0.29) is 5.60 Å². The first-order valence-corrected chi connectivity index (χ1v) is 8.19. The summed E-state index contributed by atoms with van der Waals surface area (Å²) in [7, 11) is 1.67. The first-order valence-electron chi connectivity index (χ1n) is 8.19. The number of nitrogens with one attached hydrogen (secondary N) is 1. The molecule has 1 aliphatic rings. The lowest BCUT2D eigenvalue weighted by molar-refractivity contribution is -0.155. The zero-order chi connectivity index (χ0) is 16.1. The van der Waals surface area contributed by atoms with Gasteiger partial charge in [-0.25, -0.2) is 0 Å². The van der Waals surface area contributed by atoms with Gasteiger partial charge in [0.15, 0.2) is 0 Å². The van der Waals surface area contributed by atoms with Crippen LogP contribution in [0.4, 0.5) is 0 Å². The molecule has 2 N–H and O–H groups in total. The minimum absolute atomic E-state index is 0.178. The molecule has 0 unspecified atom stereocenters. The van der Waals surface area contributed by atoms with Crippen molar-refractivity contribution in [3.8, 4) is 5.75 Å². The summed E-state index contributed by atoms with van der Waals surface area (Å²) in [6, 6.07) is 8.05. The molecular formula is C18H29NO3. The molecule has 0 aromatic heterocycles. The molecule has 1 aliphatic heterocycles. The molecule has 2 rings (SSSR count). The summed E-state index contributed by atoms with van der Waals surface area (Å²) in [6.45, 7) is 6.48. The Kier molecular flexibility index (Phi) is 5.84. The third-order valence-corrected chi connectivity index (χ3v) is 4.72. The van der Waals surface area contributed by atoms with Crippen molar-refractivity contribution in [2.24, 2.45) is 0 Å². The zero-order valence-corrected chi connectivity index (χ0v) is 14.0. The molecule has 1 aromatic rings. The van der Waals surface area contributed by atoms with Crippen LogP contribution in [0, 0.1) is 0 Å². The van der Waals surface area contributed by atoms with Gasteiger partial charge in [0.2, 0.25) is 0 Å². The standard InChI is InChI=1S/C18H29NO3/c1-4-17(2)14-18(20,10-12-22-17)9-11-19-13-15-5-7-16(21-3)8-6-15/h5-8,19-20H,4,9-14H2,1-3H3/t17-,18-/m0/s1. The summed E-state index contributed by atoms with van der Waals surface area (Å²) in [5, 5.41) is 14.2. The molecule has 1 fully saturated rings. The molecule has 4 nitrogen and oxygen atoms in total. The molecule has 1 heterocycles. The van der Waals surface area contributed by atoms with Crippen LogP contribution >= 0.6 is 0 Å². The fraction of sp³-hybridized carbons (Fsp3) is 0.667. The summed E-state index contributed by atoms with van der Waals surface area (Å²) >= 11 is 0. The van der Waals surface area contributed by atoms with Crippen molar-refractivity contribution in [2.45, 2.75) is 57.3 Å². The number of hydrogen-bond acceptors (Lipinski definition) is 4. The van der Waals surface area contributed by atoms with Gasteiger partial charge in [-0.1, -0.05) is 19.1 Å². The summed E-state index contributed by atoms with van der Waals surface area (Å²) in [6.07, 6.45) is 3.16. The Balaban J connectivity index is 1.75. The van der Waals surface area contributed by atoms with E-state index in [1.807, 2.05) is 12.1 Å². The third kappa shape index (κ3) is 4.70. The lowest BCUT2D eigenvalue weighted by Crippen LogP contribution is -2.48. The van der Waals surface area contributed by atoms with Crippen molar-refractivity contribution in [3.63, 3.8) is 0 Å². The number of rotatable bonds is 7. The predicted molar refractivity (Wildman–Crippen MR) is 88.1 cm³/mol. The van der Waals surface area contributed by atoms with Gasteiger partial charge in [-0.3, -0.25) is 0 Å². The van der Waals surface area contributed by atoms with Gasteiger partial charge in [0.25, 0.3) is 0 Å². The van der Waals surface area contributed by atoms with Gasteiger partial charge in [0, 0.05) is 13.0 Å². The Hall–Kier alpha value is -1.10. The van der Waals surface area contributed by atoms with E-state index in [1.165, 1.54) is 5.56 Å². The lowest BCUT2D eigenvalue weighted by atomic mass is 9.80. The molecule has 1 saturated heterocycles. The Morgan fingerprint density at radius 2 is 2.05 bits per heavy atom. The van der Waals surface area contributed by atoms with Gasteiger partial charge in [-0.05, 0) is 50.4 Å². The molecule has 0 aliphatic carbocycles. The number of aliphatic hydroxyl groups is 1. The number of ether oxygens (including phenoxy) is 2. The van der Waals surface area contributed by atoms with Gasteiger partial charge in [0.1, 0.15) is 5.75 Å². The van der Waals surface area contributed by atoms with Crippen LogP contribution in [0.15, 0.2) is 24.3 Å². The van der Waals surface area contributed by atoms with Crippen molar-refractivity contribution in [1.82, 2.24) is 5.32 Å². The largest absolute Gasteiger partial charge is 0.497 e. The molecule has 0 bridgehead atoms. The number of methoxy groups -OCH3 is 1. The first kappa shape index (κ1) is 17.3. The molecule has 124 valence electrons. The van der Waals surface area contributed by atoms with Gasteiger partial charge >= 0.3 is 0 Å². The maximum atomic E-state index is 10.8. The minimum atomic E-state index is -0.601. The van der Waals surface area contributed by atoms with Crippen LogP contribution in [0.3, 0.4) is 0 Å². The Labute approximate surface area is 133 Å². The van der Waals surface area contributed by atoms with Crippen LogP contribution in [-0.2, 0) is 11.3 Å². The van der Waals surface area contributed by atoms with Crippen LogP contribution in [0.1, 0.15) is 45.1 Å². The van der Waals surface area contributed by atoms with Crippen LogP contribution in [0.25, 0.3) is 0 Å². The fourth-order valence-electron chi connectivity index (χ4n) is 3.06. The summed E-state index contributed by atoms with van der Waals surface area (Å²) in [5.41, 5.74) is 0.442. The van der Waals surface area contributed by atoms with E-state index in [0.29, 0.717) is 6.61 Å². The summed E-state index contributed by atoms with van der Waals surface area (Å²) < 4.78 is 11.0. The van der Waals surface area contributed by atoms with Crippen molar-refractivity contribution in [1.29, 1.82) is 0 Å². The summed E-state index contributed by atoms with van der Waals surface area (Å²) in [5.74, 6) is 0.874. The minimum Gasteiger partial charge on any atom is -0.497 e. The highest BCUT2D eigenvalue weighted by Gasteiger charge is 2.40. The monoisotopic (exact) mass is 307 g/mol. The molecule has 2 atom stereocenters. The molecular weight excluding hydrogens is 278 g/mol. The molecule has 4 heteroatoms. The van der Waals surface area contributed by atoms with E-state index in [0.717, 1.165) is 44.5 Å². The van der Waals surface area contributed by atoms with E-state index >= 15 is 0 Å². The quantitative estimate of drug-likeness (QED) is 0.761. The van der Waals surface area contributed by atoms with Crippen LogP contribution in [0.2, 0.25) is 0 Å². The summed E-state index contributed by atoms with van der Waals surface area (Å²) in [4.78, 5) is 0. The van der Waals surface area contributed by atoms with Crippen molar-refractivity contribution < 1.29 is 14.6 Å². The van der Waals surface area contributed by atoms with Gasteiger partial charge < -0.3 is 19.9 Å². The van der Waals surface area contributed by atoms with E-state index in [2.05, 4.69) is 31.3 Å².